The summed E-state index contributed by atoms with van der Waals surface area (Å²) in [7, 11) is -1.69. The molecule has 1 saturated heterocycles. The number of amides is 1. The van der Waals surface area contributed by atoms with Crippen molar-refractivity contribution in [3.05, 3.63) is 29.8 Å². The molecular formula is C14H20N2O4S. The first-order chi connectivity index (χ1) is 10.0. The molecule has 0 saturated carbocycles. The summed E-state index contributed by atoms with van der Waals surface area (Å²) in [6.07, 6.45) is 1.53. The summed E-state index contributed by atoms with van der Waals surface area (Å²) in [6.45, 7) is 1.32. The van der Waals surface area contributed by atoms with Crippen molar-refractivity contribution in [2.75, 3.05) is 36.9 Å². The maximum Gasteiger partial charge on any atom is 0.251 e. The van der Waals surface area contributed by atoms with Gasteiger partial charge in [0.2, 0.25) is 10.0 Å². The fourth-order valence-electron chi connectivity index (χ4n) is 2.25. The number of sulfonamides is 1. The Morgan fingerprint density at radius 2 is 2.19 bits per heavy atom. The van der Waals surface area contributed by atoms with Crippen molar-refractivity contribution in [2.24, 2.45) is 0 Å². The van der Waals surface area contributed by atoms with E-state index in [9.17, 15) is 13.2 Å². The minimum Gasteiger partial charge on any atom is -0.383 e. The summed E-state index contributed by atoms with van der Waals surface area (Å²) in [6, 6.07) is 6.70. The van der Waals surface area contributed by atoms with Gasteiger partial charge in [-0.25, -0.2) is 8.42 Å². The minimum atomic E-state index is -3.26. The molecule has 1 aromatic rings. The number of hydrogen-bond acceptors (Lipinski definition) is 4. The van der Waals surface area contributed by atoms with Crippen LogP contribution < -0.4 is 9.62 Å². The van der Waals surface area contributed by atoms with Crippen LogP contribution in [-0.4, -0.2) is 46.9 Å². The van der Waals surface area contributed by atoms with Gasteiger partial charge in [-0.3, -0.25) is 9.10 Å². The van der Waals surface area contributed by atoms with Crippen molar-refractivity contribution in [1.82, 2.24) is 5.32 Å². The third kappa shape index (κ3) is 3.95. The van der Waals surface area contributed by atoms with Gasteiger partial charge in [0.25, 0.3) is 5.91 Å². The molecule has 0 unspecified atom stereocenters. The van der Waals surface area contributed by atoms with E-state index in [1.807, 2.05) is 0 Å². The largest absolute Gasteiger partial charge is 0.383 e. The number of carbonyl (C=O) groups excluding carboxylic acids is 1. The summed E-state index contributed by atoms with van der Waals surface area (Å²) in [5, 5.41) is 2.72. The summed E-state index contributed by atoms with van der Waals surface area (Å²) in [5.74, 6) is -0.0691. The number of anilines is 1. The van der Waals surface area contributed by atoms with E-state index in [2.05, 4.69) is 5.32 Å². The molecule has 1 heterocycles. The number of rotatable bonds is 5. The molecule has 2 rings (SSSR count). The van der Waals surface area contributed by atoms with E-state index >= 15 is 0 Å². The highest BCUT2D eigenvalue weighted by molar-refractivity contribution is 7.92. The molecule has 1 amide bonds. The van der Waals surface area contributed by atoms with Crippen LogP contribution in [0.3, 0.4) is 0 Å². The molecule has 0 radical (unpaired) electrons. The van der Waals surface area contributed by atoms with E-state index in [4.69, 9.17) is 4.74 Å². The van der Waals surface area contributed by atoms with Gasteiger partial charge in [0.05, 0.1) is 18.0 Å². The number of nitrogens with zero attached hydrogens (tertiary/aromatic N) is 1. The standard InChI is InChI=1S/C14H20N2O4S/c1-20-9-7-15-14(17)12-5-4-6-13(11-12)16-8-2-3-10-21(16,18)19/h4-6,11H,2-3,7-10H2,1H3,(H,15,17). The lowest BCUT2D eigenvalue weighted by Crippen LogP contribution is -2.38. The highest BCUT2D eigenvalue weighted by Crippen LogP contribution is 2.24. The van der Waals surface area contributed by atoms with Gasteiger partial charge in [0, 0.05) is 25.8 Å². The molecule has 1 aliphatic rings. The van der Waals surface area contributed by atoms with Crippen molar-refractivity contribution in [3.8, 4) is 0 Å². The van der Waals surface area contributed by atoms with Gasteiger partial charge in [-0.2, -0.15) is 0 Å². The SMILES string of the molecule is COCCNC(=O)c1cccc(N2CCCCS2(=O)=O)c1. The van der Waals surface area contributed by atoms with Gasteiger partial charge in [-0.15, -0.1) is 0 Å². The van der Waals surface area contributed by atoms with Crippen LogP contribution in [0.15, 0.2) is 24.3 Å². The average molecular weight is 312 g/mol. The van der Waals surface area contributed by atoms with Crippen LogP contribution in [0.1, 0.15) is 23.2 Å². The Labute approximate surface area is 125 Å². The molecule has 0 bridgehead atoms. The van der Waals surface area contributed by atoms with E-state index in [-0.39, 0.29) is 11.7 Å². The highest BCUT2D eigenvalue weighted by atomic mass is 32.2. The number of carbonyl (C=O) groups is 1. The predicted octanol–water partition coefficient (Wildman–Crippen LogP) is 0.993. The molecule has 0 atom stereocenters. The first-order valence-corrected chi connectivity index (χ1v) is 8.53. The van der Waals surface area contributed by atoms with Crippen molar-refractivity contribution in [3.63, 3.8) is 0 Å². The second kappa shape index (κ2) is 6.91. The molecule has 1 N–H and O–H groups in total. The van der Waals surface area contributed by atoms with E-state index < -0.39 is 10.0 Å². The zero-order valence-electron chi connectivity index (χ0n) is 12.0. The summed E-state index contributed by atoms with van der Waals surface area (Å²) < 4.78 is 30.4. The maximum atomic E-state index is 12.1. The maximum absolute atomic E-state index is 12.1. The Kier molecular flexibility index (Phi) is 5.19. The molecule has 0 aliphatic carbocycles. The fourth-order valence-corrected chi connectivity index (χ4v) is 3.88. The highest BCUT2D eigenvalue weighted by Gasteiger charge is 2.26. The first kappa shape index (κ1) is 15.8. The second-order valence-electron chi connectivity index (χ2n) is 4.89. The Morgan fingerprint density at radius 3 is 2.90 bits per heavy atom. The molecular weight excluding hydrogens is 292 g/mol. The molecule has 0 spiro atoms. The Bertz CT molecular complexity index is 601. The lowest BCUT2D eigenvalue weighted by Gasteiger charge is -2.28. The van der Waals surface area contributed by atoms with E-state index in [1.54, 1.807) is 31.4 Å². The third-order valence-electron chi connectivity index (χ3n) is 3.34. The van der Waals surface area contributed by atoms with E-state index in [0.717, 1.165) is 6.42 Å². The first-order valence-electron chi connectivity index (χ1n) is 6.92. The molecule has 116 valence electrons. The van der Waals surface area contributed by atoms with Gasteiger partial charge >= 0.3 is 0 Å². The molecule has 1 fully saturated rings. The molecule has 21 heavy (non-hydrogen) atoms. The van der Waals surface area contributed by atoms with Crippen LogP contribution in [0.4, 0.5) is 5.69 Å². The van der Waals surface area contributed by atoms with Crippen molar-refractivity contribution in [2.45, 2.75) is 12.8 Å². The Balaban J connectivity index is 2.15. The van der Waals surface area contributed by atoms with Crippen LogP contribution in [0.5, 0.6) is 0 Å². The normalized spacial score (nSPS) is 17.5. The van der Waals surface area contributed by atoms with Gasteiger partial charge in [0.1, 0.15) is 0 Å². The predicted molar refractivity (Wildman–Crippen MR) is 81.0 cm³/mol. The zero-order valence-corrected chi connectivity index (χ0v) is 12.9. The van der Waals surface area contributed by atoms with Crippen LogP contribution in [0, 0.1) is 0 Å². The quantitative estimate of drug-likeness (QED) is 0.823. The Morgan fingerprint density at radius 1 is 1.38 bits per heavy atom. The van der Waals surface area contributed by atoms with Crippen molar-refractivity contribution < 1.29 is 17.9 Å². The van der Waals surface area contributed by atoms with Gasteiger partial charge in [0.15, 0.2) is 0 Å². The van der Waals surface area contributed by atoms with Crippen LogP contribution >= 0.6 is 0 Å². The lowest BCUT2D eigenvalue weighted by molar-refractivity contribution is 0.0937. The molecule has 7 heteroatoms. The number of benzene rings is 1. The smallest absolute Gasteiger partial charge is 0.251 e. The third-order valence-corrected chi connectivity index (χ3v) is 5.21. The monoisotopic (exact) mass is 312 g/mol. The van der Waals surface area contributed by atoms with Crippen LogP contribution in [0.2, 0.25) is 0 Å². The lowest BCUT2D eigenvalue weighted by atomic mass is 10.2. The summed E-state index contributed by atoms with van der Waals surface area (Å²) >= 11 is 0. The fraction of sp³-hybridized carbons (Fsp3) is 0.500. The van der Waals surface area contributed by atoms with Crippen molar-refractivity contribution in [1.29, 1.82) is 0 Å². The molecule has 1 aromatic carbocycles. The molecule has 6 nitrogen and oxygen atoms in total. The number of nitrogens with one attached hydrogen (secondary N) is 1. The Hall–Kier alpha value is -1.60. The van der Waals surface area contributed by atoms with E-state index in [1.165, 1.54) is 4.31 Å². The van der Waals surface area contributed by atoms with Crippen LogP contribution in [0.25, 0.3) is 0 Å². The number of hydrogen-bond donors (Lipinski definition) is 1. The van der Waals surface area contributed by atoms with Gasteiger partial charge < -0.3 is 10.1 Å². The molecule has 0 aromatic heterocycles. The van der Waals surface area contributed by atoms with E-state index in [0.29, 0.717) is 37.4 Å². The number of methoxy groups -OCH3 is 1. The topological polar surface area (TPSA) is 75.7 Å². The second-order valence-corrected chi connectivity index (χ2v) is 6.91. The average Bonchev–Trinajstić information content (AvgIpc) is 2.47. The molecule has 1 aliphatic heterocycles. The number of ether oxygens (including phenoxy) is 1. The van der Waals surface area contributed by atoms with Crippen molar-refractivity contribution >= 4 is 21.6 Å². The van der Waals surface area contributed by atoms with Gasteiger partial charge in [-0.1, -0.05) is 6.07 Å². The minimum absolute atomic E-state index is 0.164. The zero-order chi connectivity index (χ0) is 15.3. The van der Waals surface area contributed by atoms with Gasteiger partial charge in [-0.05, 0) is 31.0 Å². The van der Waals surface area contributed by atoms with Crippen LogP contribution in [-0.2, 0) is 14.8 Å². The summed E-state index contributed by atoms with van der Waals surface area (Å²) in [4.78, 5) is 12.0. The summed E-state index contributed by atoms with van der Waals surface area (Å²) in [5.41, 5.74) is 0.999.